The van der Waals surface area contributed by atoms with Crippen molar-refractivity contribution < 1.29 is 22.1 Å². The molecule has 242 valence electrons. The van der Waals surface area contributed by atoms with Crippen molar-refractivity contribution in [1.82, 2.24) is 0 Å². The molecule has 0 saturated heterocycles. The van der Waals surface area contributed by atoms with E-state index in [1.165, 1.54) is 5.57 Å². The second kappa shape index (κ2) is 10.5. The lowest BCUT2D eigenvalue weighted by Gasteiger charge is -2.72. The molecule has 6 heteroatoms. The number of carbonyl (C=O) groups is 1. The lowest BCUT2D eigenvalue weighted by atomic mass is 9.32. The summed E-state index contributed by atoms with van der Waals surface area (Å²) in [7, 11) is -3.58. The zero-order valence-corrected chi connectivity index (χ0v) is 28.9. The minimum absolute atomic E-state index is 0.0117. The first-order valence-electron chi connectivity index (χ1n) is 17.0. The molecule has 1 aromatic rings. The maximum Gasteiger partial charge on any atom is 0.312 e. The van der Waals surface area contributed by atoms with Crippen molar-refractivity contribution in [3.8, 4) is 0 Å². The fourth-order valence-corrected chi connectivity index (χ4v) is 12.9. The number of hydrogen-bond donors (Lipinski definition) is 0. The van der Waals surface area contributed by atoms with Gasteiger partial charge in [-0.15, -0.1) is 0 Å². The van der Waals surface area contributed by atoms with E-state index in [2.05, 4.69) is 54.2 Å². The maximum atomic E-state index is 14.2. The number of rotatable bonds is 6. The van der Waals surface area contributed by atoms with Gasteiger partial charge in [0.05, 0.1) is 11.7 Å². The van der Waals surface area contributed by atoms with E-state index in [4.69, 9.17) is 8.92 Å². The molecule has 0 radical (unpaired) electrons. The number of benzene rings is 1. The van der Waals surface area contributed by atoms with Crippen LogP contribution in [0.1, 0.15) is 105 Å². The van der Waals surface area contributed by atoms with Crippen LogP contribution in [0, 0.1) is 56.7 Å². The molecule has 5 nitrogen and oxygen atoms in total. The van der Waals surface area contributed by atoms with E-state index in [9.17, 15) is 13.2 Å². The number of hydrogen-bond acceptors (Lipinski definition) is 5. The molecule has 0 amide bonds. The summed E-state index contributed by atoms with van der Waals surface area (Å²) in [5.41, 5.74) is 1.77. The molecule has 0 N–H and O–H groups in total. The third-order valence-corrected chi connectivity index (χ3v) is 14.9. The quantitative estimate of drug-likeness (QED) is 0.180. The van der Waals surface area contributed by atoms with Crippen molar-refractivity contribution >= 4 is 16.1 Å². The van der Waals surface area contributed by atoms with Crippen LogP contribution in [0.15, 0.2) is 54.3 Å². The highest BCUT2D eigenvalue weighted by atomic mass is 32.2. The first-order valence-corrected chi connectivity index (χ1v) is 18.8. The molecule has 6 rings (SSSR count). The molecule has 0 bridgehead atoms. The van der Waals surface area contributed by atoms with Crippen LogP contribution in [0.4, 0.5) is 0 Å². The van der Waals surface area contributed by atoms with Crippen LogP contribution in [0.3, 0.4) is 0 Å². The summed E-state index contributed by atoms with van der Waals surface area (Å²) in [6, 6.07) is 10.1. The van der Waals surface area contributed by atoms with Gasteiger partial charge in [-0.3, -0.25) is 4.79 Å². The van der Waals surface area contributed by atoms with Gasteiger partial charge in [-0.2, -0.15) is 8.42 Å². The third kappa shape index (κ3) is 4.58. The average Bonchev–Trinajstić information content (AvgIpc) is 3.35. The van der Waals surface area contributed by atoms with E-state index in [0.29, 0.717) is 36.0 Å². The van der Waals surface area contributed by atoms with E-state index in [0.717, 1.165) is 69.6 Å². The summed E-state index contributed by atoms with van der Waals surface area (Å²) >= 11 is 0. The molecule has 4 fully saturated rings. The summed E-state index contributed by atoms with van der Waals surface area (Å²) in [5, 5.41) is 0. The highest BCUT2D eigenvalue weighted by molar-refractivity contribution is 7.86. The van der Waals surface area contributed by atoms with Gasteiger partial charge < -0.3 is 8.92 Å². The molecule has 44 heavy (non-hydrogen) atoms. The maximum absolute atomic E-state index is 14.2. The van der Waals surface area contributed by atoms with Crippen molar-refractivity contribution in [1.29, 1.82) is 0 Å². The molecule has 0 heterocycles. The number of esters is 1. The van der Waals surface area contributed by atoms with Crippen LogP contribution in [-0.4, -0.2) is 20.6 Å². The molecule has 4 saturated carbocycles. The Morgan fingerprint density at radius 1 is 0.909 bits per heavy atom. The third-order valence-electron chi connectivity index (χ3n) is 14.4. The standard InChI is InChI=1S/C38H54O5S/c1-25(2)27-16-21-38(33(39)42-24-26-12-10-9-11-13-26)23-22-36(6)28(32(27)38)14-15-30-35(5)19-18-31(43-44(8,40)41)34(3,4)29(35)17-20-37(30,36)7/h9-13,18,27-30,32H,1,14-17,19-24H2,2-8H3/t27-,28+,29-,30+,32+,35-,36+,37+,38-/m0/s1. The van der Waals surface area contributed by atoms with Gasteiger partial charge in [-0.1, -0.05) is 77.1 Å². The Morgan fingerprint density at radius 2 is 1.61 bits per heavy atom. The number of allylic oxidation sites excluding steroid dienone is 3. The lowest BCUT2D eigenvalue weighted by Crippen LogP contribution is -2.66. The largest absolute Gasteiger partial charge is 0.460 e. The molecule has 5 aliphatic carbocycles. The Kier molecular flexibility index (Phi) is 7.59. The Labute approximate surface area is 266 Å². The van der Waals surface area contributed by atoms with Gasteiger partial charge in [0.2, 0.25) is 0 Å². The van der Waals surface area contributed by atoms with E-state index in [1.807, 2.05) is 30.3 Å². The molecule has 1 aromatic carbocycles. The van der Waals surface area contributed by atoms with Gasteiger partial charge >= 0.3 is 16.1 Å². The molecule has 5 aliphatic rings. The molecule has 0 aliphatic heterocycles. The van der Waals surface area contributed by atoms with E-state index < -0.39 is 15.5 Å². The first-order chi connectivity index (χ1) is 20.5. The zero-order valence-electron chi connectivity index (χ0n) is 28.1. The molecule has 0 spiro atoms. The van der Waals surface area contributed by atoms with Gasteiger partial charge in [0.15, 0.2) is 0 Å². The number of carbonyl (C=O) groups excluding carboxylic acids is 1. The van der Waals surface area contributed by atoms with Crippen LogP contribution in [-0.2, 0) is 30.4 Å². The van der Waals surface area contributed by atoms with Crippen LogP contribution < -0.4 is 0 Å². The van der Waals surface area contributed by atoms with Crippen molar-refractivity contribution in [2.24, 2.45) is 56.7 Å². The summed E-state index contributed by atoms with van der Waals surface area (Å²) in [6.45, 7) is 19.0. The van der Waals surface area contributed by atoms with Crippen molar-refractivity contribution in [2.45, 2.75) is 106 Å². The van der Waals surface area contributed by atoms with E-state index >= 15 is 0 Å². The number of ether oxygens (including phenoxy) is 1. The Bertz CT molecular complexity index is 1460. The van der Waals surface area contributed by atoms with Crippen molar-refractivity contribution in [2.75, 3.05) is 6.26 Å². The molecular formula is C38H54O5S. The second-order valence-corrected chi connectivity index (χ2v) is 18.3. The van der Waals surface area contributed by atoms with Gasteiger partial charge in [-0.05, 0) is 122 Å². The van der Waals surface area contributed by atoms with E-state index in [1.54, 1.807) is 0 Å². The molecular weight excluding hydrogens is 568 g/mol. The van der Waals surface area contributed by atoms with Crippen molar-refractivity contribution in [3.05, 3.63) is 59.9 Å². The Morgan fingerprint density at radius 3 is 2.27 bits per heavy atom. The predicted molar refractivity (Wildman–Crippen MR) is 175 cm³/mol. The number of fused-ring (bicyclic) bond motifs is 7. The molecule has 0 aromatic heterocycles. The van der Waals surface area contributed by atoms with Gasteiger partial charge in [0, 0.05) is 5.41 Å². The highest BCUT2D eigenvalue weighted by Gasteiger charge is 2.72. The van der Waals surface area contributed by atoms with Crippen LogP contribution in [0.25, 0.3) is 0 Å². The van der Waals surface area contributed by atoms with Crippen molar-refractivity contribution in [3.63, 3.8) is 0 Å². The average molecular weight is 623 g/mol. The zero-order chi connectivity index (χ0) is 31.9. The Balaban J connectivity index is 1.33. The molecule has 9 atom stereocenters. The molecule has 0 unspecified atom stereocenters. The van der Waals surface area contributed by atoms with Crippen LogP contribution in [0.5, 0.6) is 0 Å². The normalized spacial score (nSPS) is 42.5. The fourth-order valence-electron chi connectivity index (χ4n) is 12.3. The summed E-state index contributed by atoms with van der Waals surface area (Å²) in [5.74, 6) is 2.57. The minimum Gasteiger partial charge on any atom is -0.460 e. The van der Waals surface area contributed by atoms with E-state index in [-0.39, 0.29) is 33.5 Å². The second-order valence-electron chi connectivity index (χ2n) is 16.7. The topological polar surface area (TPSA) is 69.7 Å². The van der Waals surface area contributed by atoms with Crippen LogP contribution >= 0.6 is 0 Å². The SMILES string of the molecule is C=C(C)[C@@H]1CC[C@]2(C(=O)OCc3ccccc3)CC[C@]3(C)[C@H](CC[C@@H]4[C@@]5(C)CC=C(OS(C)(=O)=O)C(C)(C)[C@@H]5CC[C@]43C)[C@@H]12. The smallest absolute Gasteiger partial charge is 0.312 e. The summed E-state index contributed by atoms with van der Waals surface area (Å²) < 4.78 is 36.1. The predicted octanol–water partition coefficient (Wildman–Crippen LogP) is 8.86. The lowest BCUT2D eigenvalue weighted by molar-refractivity contribution is -0.232. The first kappa shape index (κ1) is 31.9. The van der Waals surface area contributed by atoms with Gasteiger partial charge in [-0.25, -0.2) is 0 Å². The van der Waals surface area contributed by atoms with Crippen LogP contribution in [0.2, 0.25) is 0 Å². The van der Waals surface area contributed by atoms with Gasteiger partial charge in [0.1, 0.15) is 12.4 Å². The Hall–Kier alpha value is -2.08. The monoisotopic (exact) mass is 622 g/mol. The minimum atomic E-state index is -3.58. The summed E-state index contributed by atoms with van der Waals surface area (Å²) in [4.78, 5) is 14.2. The highest BCUT2D eigenvalue weighted by Crippen LogP contribution is 2.77. The van der Waals surface area contributed by atoms with Gasteiger partial charge in [0.25, 0.3) is 0 Å². The summed E-state index contributed by atoms with van der Waals surface area (Å²) in [6.07, 6.45) is 12.4. The fraction of sp³-hybridized carbons (Fsp3) is 0.711.